The summed E-state index contributed by atoms with van der Waals surface area (Å²) in [6, 6.07) is 9.50. The third-order valence-corrected chi connectivity index (χ3v) is 5.37. The number of pyridine rings is 1. The molecule has 2 aromatic rings. The van der Waals surface area contributed by atoms with Crippen LogP contribution in [-0.2, 0) is 9.53 Å². The van der Waals surface area contributed by atoms with Gasteiger partial charge in [0.15, 0.2) is 0 Å². The van der Waals surface area contributed by atoms with Gasteiger partial charge in [-0.25, -0.2) is 9.18 Å². The minimum absolute atomic E-state index is 0.00318. The number of nitrogens with zero attached hydrogens (tertiary/aromatic N) is 1. The number of hydrogen-bond acceptors (Lipinski definition) is 5. The lowest BCUT2D eigenvalue weighted by atomic mass is 9.91. The first-order valence-corrected chi connectivity index (χ1v) is 11.4. The van der Waals surface area contributed by atoms with E-state index < -0.39 is 11.7 Å². The fraction of sp³-hybridized carbons (Fsp3) is 0.440. The Balaban J connectivity index is 1.40. The lowest BCUT2D eigenvalue weighted by molar-refractivity contribution is -0.121. The number of hydrogen-bond donors (Lipinski definition) is 3. The Morgan fingerprint density at radius 3 is 2.29 bits per heavy atom. The zero-order chi connectivity index (χ0) is 24.7. The molecule has 3 N–H and O–H groups in total. The van der Waals surface area contributed by atoms with Crippen molar-refractivity contribution in [3.05, 3.63) is 54.0 Å². The van der Waals surface area contributed by atoms with Crippen LogP contribution in [0.15, 0.2) is 42.6 Å². The molecule has 1 saturated carbocycles. The van der Waals surface area contributed by atoms with E-state index in [0.29, 0.717) is 16.8 Å². The first kappa shape index (κ1) is 25.1. The number of ether oxygens (including phenoxy) is 1. The van der Waals surface area contributed by atoms with Crippen molar-refractivity contribution in [2.75, 3.05) is 6.54 Å². The second-order valence-corrected chi connectivity index (χ2v) is 9.39. The molecule has 182 valence electrons. The summed E-state index contributed by atoms with van der Waals surface area (Å²) in [6.45, 7) is 5.11. The zero-order valence-corrected chi connectivity index (χ0v) is 19.7. The molecule has 0 atom stereocenters. The Bertz CT molecular complexity index is 1010. The third-order valence-electron chi connectivity index (χ3n) is 5.37. The molecule has 1 aromatic heterocycles. The average Bonchev–Trinajstić information content (AvgIpc) is 2.78. The van der Waals surface area contributed by atoms with Crippen LogP contribution in [-0.4, -0.2) is 47.1 Å². The van der Waals surface area contributed by atoms with Crippen molar-refractivity contribution < 1.29 is 23.5 Å². The molecule has 0 spiro atoms. The van der Waals surface area contributed by atoms with Gasteiger partial charge < -0.3 is 20.7 Å². The lowest BCUT2D eigenvalue weighted by Crippen LogP contribution is -2.46. The largest absolute Gasteiger partial charge is 0.444 e. The summed E-state index contributed by atoms with van der Waals surface area (Å²) < 4.78 is 18.5. The van der Waals surface area contributed by atoms with Gasteiger partial charge in [-0.05, 0) is 70.7 Å². The van der Waals surface area contributed by atoms with E-state index in [9.17, 15) is 18.8 Å². The summed E-state index contributed by atoms with van der Waals surface area (Å²) in [5.41, 5.74) is 1.05. The Hall–Kier alpha value is -3.49. The maximum Gasteiger partial charge on any atom is 0.408 e. The van der Waals surface area contributed by atoms with E-state index in [0.717, 1.165) is 25.7 Å². The van der Waals surface area contributed by atoms with Crippen molar-refractivity contribution >= 4 is 17.9 Å². The van der Waals surface area contributed by atoms with E-state index in [1.54, 1.807) is 45.0 Å². The number of amides is 3. The summed E-state index contributed by atoms with van der Waals surface area (Å²) in [7, 11) is 0. The van der Waals surface area contributed by atoms with Crippen molar-refractivity contribution in [3.8, 4) is 11.3 Å². The number of rotatable bonds is 6. The summed E-state index contributed by atoms with van der Waals surface area (Å²) >= 11 is 0. The van der Waals surface area contributed by atoms with E-state index in [-0.39, 0.29) is 36.3 Å². The number of halogens is 1. The molecule has 1 aliphatic carbocycles. The van der Waals surface area contributed by atoms with Gasteiger partial charge in [0.25, 0.3) is 5.91 Å². The smallest absolute Gasteiger partial charge is 0.408 e. The molecular weight excluding hydrogens is 439 g/mol. The Kier molecular flexibility index (Phi) is 8.20. The normalized spacial score (nSPS) is 18.0. The SMILES string of the molecule is CC(C)(C)OC(=O)NCC(=O)N[C@H]1CC[C@H](NC(=O)c2ccc(-c3cccc(F)c3)nc2)CC1. The molecule has 8 nitrogen and oxygen atoms in total. The van der Waals surface area contributed by atoms with Crippen molar-refractivity contribution in [1.29, 1.82) is 0 Å². The minimum Gasteiger partial charge on any atom is -0.444 e. The van der Waals surface area contributed by atoms with E-state index in [1.807, 2.05) is 0 Å². The van der Waals surface area contributed by atoms with Gasteiger partial charge in [0, 0.05) is 23.8 Å². The summed E-state index contributed by atoms with van der Waals surface area (Å²) in [5.74, 6) is -0.831. The van der Waals surface area contributed by atoms with Gasteiger partial charge in [-0.3, -0.25) is 14.6 Å². The lowest BCUT2D eigenvalue weighted by Gasteiger charge is -2.29. The molecular formula is C25H31FN4O4. The van der Waals surface area contributed by atoms with Crippen LogP contribution in [0, 0.1) is 5.82 Å². The number of carbonyl (C=O) groups excluding carboxylic acids is 3. The van der Waals surface area contributed by atoms with Crippen molar-refractivity contribution in [1.82, 2.24) is 20.9 Å². The standard InChI is InChI=1S/C25H31FN4O4/c1-25(2,3)34-24(33)28-15-22(31)29-19-8-10-20(11-9-19)30-23(32)17-7-12-21(27-14-17)16-5-4-6-18(26)13-16/h4-7,12-14,19-20H,8-11,15H2,1-3H3,(H,28,33)(H,29,31)(H,30,32)/t19-,20-. The monoisotopic (exact) mass is 470 g/mol. The van der Waals surface area contributed by atoms with Crippen LogP contribution in [0.1, 0.15) is 56.8 Å². The topological polar surface area (TPSA) is 109 Å². The minimum atomic E-state index is -0.632. The van der Waals surface area contributed by atoms with Gasteiger partial charge in [-0.15, -0.1) is 0 Å². The van der Waals surface area contributed by atoms with E-state index in [2.05, 4.69) is 20.9 Å². The third kappa shape index (κ3) is 7.83. The number of nitrogens with one attached hydrogen (secondary N) is 3. The molecule has 0 bridgehead atoms. The Morgan fingerprint density at radius 2 is 1.71 bits per heavy atom. The van der Waals surface area contributed by atoms with Crippen LogP contribution in [0.25, 0.3) is 11.3 Å². The predicted molar refractivity (Wildman–Crippen MR) is 126 cm³/mol. The molecule has 0 unspecified atom stereocenters. The summed E-state index contributed by atoms with van der Waals surface area (Å²) in [4.78, 5) is 40.6. The highest BCUT2D eigenvalue weighted by atomic mass is 19.1. The fourth-order valence-electron chi connectivity index (χ4n) is 3.74. The molecule has 1 fully saturated rings. The van der Waals surface area contributed by atoms with Gasteiger partial charge in [0.2, 0.25) is 5.91 Å². The Morgan fingerprint density at radius 1 is 1.03 bits per heavy atom. The van der Waals surface area contributed by atoms with Gasteiger partial charge in [-0.1, -0.05) is 12.1 Å². The van der Waals surface area contributed by atoms with E-state index in [4.69, 9.17) is 4.74 Å². The molecule has 1 aromatic carbocycles. The van der Waals surface area contributed by atoms with E-state index in [1.165, 1.54) is 18.3 Å². The van der Waals surface area contributed by atoms with Crippen LogP contribution in [0.5, 0.6) is 0 Å². The Labute approximate surface area is 198 Å². The molecule has 3 rings (SSSR count). The number of carbonyl (C=O) groups is 3. The quantitative estimate of drug-likeness (QED) is 0.598. The maximum absolute atomic E-state index is 13.4. The highest BCUT2D eigenvalue weighted by Gasteiger charge is 2.24. The molecule has 0 saturated heterocycles. The van der Waals surface area contributed by atoms with E-state index >= 15 is 0 Å². The van der Waals surface area contributed by atoms with Crippen molar-refractivity contribution in [3.63, 3.8) is 0 Å². The number of aromatic nitrogens is 1. The summed E-state index contributed by atoms with van der Waals surface area (Å²) in [6.07, 6.45) is 3.75. The van der Waals surface area contributed by atoms with Gasteiger partial charge in [-0.2, -0.15) is 0 Å². The highest BCUT2D eigenvalue weighted by molar-refractivity contribution is 5.94. The molecule has 1 aliphatic rings. The molecule has 0 aliphatic heterocycles. The average molecular weight is 471 g/mol. The first-order chi connectivity index (χ1) is 16.1. The van der Waals surface area contributed by atoms with Crippen LogP contribution < -0.4 is 16.0 Å². The van der Waals surface area contributed by atoms with Gasteiger partial charge in [0.1, 0.15) is 18.0 Å². The van der Waals surface area contributed by atoms with Gasteiger partial charge >= 0.3 is 6.09 Å². The number of alkyl carbamates (subject to hydrolysis) is 1. The van der Waals surface area contributed by atoms with Crippen LogP contribution in [0.4, 0.5) is 9.18 Å². The molecule has 9 heteroatoms. The molecule has 34 heavy (non-hydrogen) atoms. The van der Waals surface area contributed by atoms with Gasteiger partial charge in [0.05, 0.1) is 11.3 Å². The molecule has 0 radical (unpaired) electrons. The van der Waals surface area contributed by atoms with Crippen LogP contribution in [0.3, 0.4) is 0 Å². The molecule has 3 amide bonds. The second-order valence-electron chi connectivity index (χ2n) is 9.39. The highest BCUT2D eigenvalue weighted by Crippen LogP contribution is 2.20. The fourth-order valence-corrected chi connectivity index (χ4v) is 3.74. The number of benzene rings is 1. The van der Waals surface area contributed by atoms with Crippen molar-refractivity contribution in [2.24, 2.45) is 0 Å². The predicted octanol–water partition coefficient (Wildman–Crippen LogP) is 3.57. The van der Waals surface area contributed by atoms with Crippen LogP contribution in [0.2, 0.25) is 0 Å². The molecule has 1 heterocycles. The van der Waals surface area contributed by atoms with Crippen molar-refractivity contribution in [2.45, 2.75) is 64.1 Å². The second kappa shape index (κ2) is 11.1. The van der Waals surface area contributed by atoms with Crippen LogP contribution >= 0.6 is 0 Å². The maximum atomic E-state index is 13.4. The first-order valence-electron chi connectivity index (χ1n) is 11.4. The zero-order valence-electron chi connectivity index (χ0n) is 19.7. The summed E-state index contributed by atoms with van der Waals surface area (Å²) in [5, 5.41) is 8.37.